The quantitative estimate of drug-likeness (QED) is 0.877. The molecule has 0 aromatic heterocycles. The fraction of sp³-hybridized carbons (Fsp3) is 0.350. The molecule has 0 spiro atoms. The molecule has 0 heterocycles. The molecule has 1 aliphatic carbocycles. The van der Waals surface area contributed by atoms with Gasteiger partial charge in [0.05, 0.1) is 18.0 Å². The van der Waals surface area contributed by atoms with Crippen molar-refractivity contribution in [3.8, 4) is 0 Å². The van der Waals surface area contributed by atoms with Gasteiger partial charge in [0.1, 0.15) is 6.54 Å². The highest BCUT2D eigenvalue weighted by Crippen LogP contribution is 2.29. The maximum atomic E-state index is 12.6. The van der Waals surface area contributed by atoms with Crippen LogP contribution in [0.4, 0.5) is 5.69 Å². The maximum absolute atomic E-state index is 12.6. The summed E-state index contributed by atoms with van der Waals surface area (Å²) in [5.41, 5.74) is 3.74. The summed E-state index contributed by atoms with van der Waals surface area (Å²) in [6, 6.07) is 15.2. The lowest BCUT2D eigenvalue weighted by molar-refractivity contribution is -0.120. The maximum Gasteiger partial charge on any atom is 0.241 e. The third kappa shape index (κ3) is 4.07. The van der Waals surface area contributed by atoms with E-state index in [1.165, 1.54) is 9.87 Å². The molecule has 138 valence electrons. The molecule has 0 unspecified atom stereocenters. The van der Waals surface area contributed by atoms with Gasteiger partial charge < -0.3 is 5.32 Å². The largest absolute Gasteiger partial charge is 0.348 e. The number of nitrogens with one attached hydrogen (secondary N) is 1. The van der Waals surface area contributed by atoms with E-state index in [1.54, 1.807) is 12.1 Å². The summed E-state index contributed by atoms with van der Waals surface area (Å²) < 4.78 is 25.7. The van der Waals surface area contributed by atoms with Crippen molar-refractivity contribution in [1.29, 1.82) is 0 Å². The van der Waals surface area contributed by atoms with Gasteiger partial charge >= 0.3 is 0 Å². The van der Waals surface area contributed by atoms with Gasteiger partial charge in [-0.15, -0.1) is 0 Å². The first-order valence-corrected chi connectivity index (χ1v) is 10.6. The van der Waals surface area contributed by atoms with E-state index in [1.807, 2.05) is 37.3 Å². The zero-order valence-electron chi connectivity index (χ0n) is 15.1. The number of benzene rings is 2. The lowest BCUT2D eigenvalue weighted by Crippen LogP contribution is -2.42. The summed E-state index contributed by atoms with van der Waals surface area (Å²) in [5, 5.41) is 3.02. The number of hydrogen-bond donors (Lipinski definition) is 1. The molecule has 5 nitrogen and oxygen atoms in total. The van der Waals surface area contributed by atoms with Crippen LogP contribution in [0.5, 0.6) is 0 Å². The van der Waals surface area contributed by atoms with Crippen LogP contribution in [0.25, 0.3) is 0 Å². The number of hydrogen-bond acceptors (Lipinski definition) is 3. The normalized spacial score (nSPS) is 16.6. The molecule has 0 saturated heterocycles. The second-order valence-corrected chi connectivity index (χ2v) is 8.67. The monoisotopic (exact) mass is 372 g/mol. The molecule has 1 atom stereocenters. The highest BCUT2D eigenvalue weighted by atomic mass is 32.2. The third-order valence-electron chi connectivity index (χ3n) is 4.78. The minimum Gasteiger partial charge on any atom is -0.348 e. The van der Waals surface area contributed by atoms with Crippen molar-refractivity contribution < 1.29 is 13.2 Å². The zero-order valence-corrected chi connectivity index (χ0v) is 15.9. The lowest BCUT2D eigenvalue weighted by Gasteiger charge is -2.28. The minimum absolute atomic E-state index is 0.0641. The Labute approximate surface area is 155 Å². The molecule has 2 aromatic rings. The van der Waals surface area contributed by atoms with Gasteiger partial charge in [0.2, 0.25) is 15.9 Å². The first-order chi connectivity index (χ1) is 12.4. The molecule has 0 aliphatic heterocycles. The van der Waals surface area contributed by atoms with Crippen LogP contribution in [0.3, 0.4) is 0 Å². The van der Waals surface area contributed by atoms with E-state index in [4.69, 9.17) is 0 Å². The highest BCUT2D eigenvalue weighted by molar-refractivity contribution is 7.92. The molecular weight excluding hydrogens is 348 g/mol. The number of nitrogens with zero attached hydrogens (tertiary/aromatic N) is 1. The summed E-state index contributed by atoms with van der Waals surface area (Å²) in [6.45, 7) is 1.62. The number of para-hydroxylation sites is 1. The molecule has 1 aliphatic rings. The van der Waals surface area contributed by atoms with Gasteiger partial charge in [-0.25, -0.2) is 8.42 Å². The van der Waals surface area contributed by atoms with Gasteiger partial charge in [-0.2, -0.15) is 0 Å². The van der Waals surface area contributed by atoms with E-state index < -0.39 is 10.0 Å². The summed E-state index contributed by atoms with van der Waals surface area (Å²) in [4.78, 5) is 12.6. The van der Waals surface area contributed by atoms with Gasteiger partial charge in [0, 0.05) is 0 Å². The molecule has 2 aromatic carbocycles. The smallest absolute Gasteiger partial charge is 0.241 e. The molecule has 1 N–H and O–H groups in total. The molecule has 26 heavy (non-hydrogen) atoms. The second-order valence-electron chi connectivity index (χ2n) is 6.77. The first-order valence-electron chi connectivity index (χ1n) is 8.77. The van der Waals surface area contributed by atoms with Gasteiger partial charge in [0.25, 0.3) is 0 Å². The van der Waals surface area contributed by atoms with Crippen LogP contribution >= 0.6 is 0 Å². The van der Waals surface area contributed by atoms with E-state index in [9.17, 15) is 13.2 Å². The van der Waals surface area contributed by atoms with Gasteiger partial charge in [-0.3, -0.25) is 9.10 Å². The fourth-order valence-electron chi connectivity index (χ4n) is 3.50. The molecule has 0 radical (unpaired) electrons. The van der Waals surface area contributed by atoms with E-state index in [0.29, 0.717) is 5.69 Å². The van der Waals surface area contributed by atoms with Crippen molar-refractivity contribution in [3.05, 3.63) is 65.2 Å². The Bertz CT molecular complexity index is 909. The Morgan fingerprint density at radius 1 is 1.15 bits per heavy atom. The standard InChI is InChI=1S/C20H24N2O3S/c1-15-8-3-6-13-19(15)22(26(2,24)25)14-20(23)21-18-12-7-10-16-9-4-5-11-17(16)18/h3-6,8-9,11,13,18H,7,10,12,14H2,1-2H3,(H,21,23)/t18-/m1/s1. The van der Waals surface area contributed by atoms with Gasteiger partial charge in [0.15, 0.2) is 0 Å². The van der Waals surface area contributed by atoms with Crippen molar-refractivity contribution >= 4 is 21.6 Å². The number of rotatable bonds is 5. The van der Waals surface area contributed by atoms with E-state index >= 15 is 0 Å². The van der Waals surface area contributed by atoms with Gasteiger partial charge in [-0.1, -0.05) is 42.5 Å². The molecule has 0 saturated carbocycles. The number of carbonyl (C=O) groups excluding carboxylic acids is 1. The average Bonchev–Trinajstić information content (AvgIpc) is 2.60. The third-order valence-corrected chi connectivity index (χ3v) is 5.90. The van der Waals surface area contributed by atoms with Crippen molar-refractivity contribution in [2.45, 2.75) is 32.2 Å². The minimum atomic E-state index is -3.56. The Hall–Kier alpha value is -2.34. The van der Waals surface area contributed by atoms with Crippen molar-refractivity contribution in [1.82, 2.24) is 5.32 Å². The summed E-state index contributed by atoms with van der Waals surface area (Å²) >= 11 is 0. The van der Waals surface area contributed by atoms with Crippen molar-refractivity contribution in [2.75, 3.05) is 17.1 Å². The number of sulfonamides is 1. The topological polar surface area (TPSA) is 66.5 Å². The Kier molecular flexibility index (Phi) is 5.32. The van der Waals surface area contributed by atoms with Crippen LogP contribution in [0.1, 0.15) is 35.6 Å². The van der Waals surface area contributed by atoms with Crippen LogP contribution in [0, 0.1) is 6.92 Å². The summed E-state index contributed by atoms with van der Waals surface area (Å²) in [7, 11) is -3.56. The van der Waals surface area contributed by atoms with Crippen LogP contribution in [0.15, 0.2) is 48.5 Å². The SMILES string of the molecule is Cc1ccccc1N(CC(=O)N[C@@H]1CCCc2ccccc21)S(C)(=O)=O. The molecule has 3 rings (SSSR count). The van der Waals surface area contributed by atoms with Crippen LogP contribution in [-0.4, -0.2) is 27.1 Å². The summed E-state index contributed by atoms with van der Waals surface area (Å²) in [6.07, 6.45) is 4.02. The number of anilines is 1. The van der Waals surface area contributed by atoms with Crippen LogP contribution in [0.2, 0.25) is 0 Å². The van der Waals surface area contributed by atoms with E-state index in [0.717, 1.165) is 36.6 Å². The molecule has 6 heteroatoms. The molecule has 1 amide bonds. The number of fused-ring (bicyclic) bond motifs is 1. The van der Waals surface area contributed by atoms with E-state index in [-0.39, 0.29) is 18.5 Å². The van der Waals surface area contributed by atoms with Gasteiger partial charge in [-0.05, 0) is 48.9 Å². The number of carbonyl (C=O) groups is 1. The molecule has 0 fully saturated rings. The highest BCUT2D eigenvalue weighted by Gasteiger charge is 2.25. The zero-order chi connectivity index (χ0) is 18.7. The predicted molar refractivity (Wildman–Crippen MR) is 104 cm³/mol. The average molecular weight is 372 g/mol. The Morgan fingerprint density at radius 3 is 2.58 bits per heavy atom. The first kappa shape index (κ1) is 18.5. The Morgan fingerprint density at radius 2 is 1.85 bits per heavy atom. The van der Waals surface area contributed by atoms with Crippen molar-refractivity contribution in [2.24, 2.45) is 0 Å². The van der Waals surface area contributed by atoms with E-state index in [2.05, 4.69) is 11.4 Å². The van der Waals surface area contributed by atoms with Crippen LogP contribution < -0.4 is 9.62 Å². The number of aryl methyl sites for hydroxylation is 2. The second kappa shape index (κ2) is 7.50. The predicted octanol–water partition coefficient (Wildman–Crippen LogP) is 2.95. The summed E-state index contributed by atoms with van der Waals surface area (Å²) in [5.74, 6) is -0.291. The molecule has 0 bridgehead atoms. The number of amides is 1. The van der Waals surface area contributed by atoms with Crippen molar-refractivity contribution in [3.63, 3.8) is 0 Å². The van der Waals surface area contributed by atoms with Crippen LogP contribution in [-0.2, 0) is 21.2 Å². The molecular formula is C20H24N2O3S. The Balaban J connectivity index is 1.79. The fourth-order valence-corrected chi connectivity index (χ4v) is 4.41. The lowest BCUT2D eigenvalue weighted by atomic mass is 9.88.